The van der Waals surface area contributed by atoms with Crippen LogP contribution in [0.1, 0.15) is 36.0 Å². The van der Waals surface area contributed by atoms with Gasteiger partial charge in [-0.15, -0.1) is 0 Å². The lowest BCUT2D eigenvalue weighted by atomic mass is 9.96. The van der Waals surface area contributed by atoms with Crippen molar-refractivity contribution in [2.24, 2.45) is 5.92 Å². The van der Waals surface area contributed by atoms with Gasteiger partial charge in [0.1, 0.15) is 0 Å². The fourth-order valence-electron chi connectivity index (χ4n) is 4.82. The van der Waals surface area contributed by atoms with E-state index in [1.807, 2.05) is 30.9 Å². The van der Waals surface area contributed by atoms with Crippen LogP contribution in [0.25, 0.3) is 0 Å². The zero-order chi connectivity index (χ0) is 23.4. The van der Waals surface area contributed by atoms with E-state index >= 15 is 0 Å². The Morgan fingerprint density at radius 3 is 2.30 bits per heavy atom. The largest absolute Gasteiger partial charge is 0.341 e. The summed E-state index contributed by atoms with van der Waals surface area (Å²) in [6.07, 6.45) is 2.15. The zero-order valence-electron chi connectivity index (χ0n) is 19.7. The van der Waals surface area contributed by atoms with Crippen LogP contribution in [0.5, 0.6) is 0 Å². The number of piperidine rings is 1. The Bertz CT molecular complexity index is 1060. The maximum absolute atomic E-state index is 13.2. The van der Waals surface area contributed by atoms with E-state index in [-0.39, 0.29) is 11.8 Å². The third-order valence-electron chi connectivity index (χ3n) is 7.07. The van der Waals surface area contributed by atoms with Crippen LogP contribution < -0.4 is 0 Å². The highest BCUT2D eigenvalue weighted by Gasteiger charge is 2.34. The van der Waals surface area contributed by atoms with Crippen LogP contribution in [-0.4, -0.2) is 67.7 Å². The van der Waals surface area contributed by atoms with E-state index in [1.54, 1.807) is 16.4 Å². The molecule has 33 heavy (non-hydrogen) atoms. The standard InChI is InChI=1S/C26H35N3O3S/c1-21-9-10-25(19-22(21)2)33(31,32)29-15-11-24(12-16-29)26(30)28-14-6-13-27(17-18-28)20-23-7-4-3-5-8-23/h3-5,7-10,19,24H,6,11-18,20H2,1-2H3. The maximum atomic E-state index is 13.2. The molecule has 0 aromatic heterocycles. The van der Waals surface area contributed by atoms with Crippen molar-refractivity contribution in [1.82, 2.24) is 14.1 Å². The SMILES string of the molecule is Cc1ccc(S(=O)(=O)N2CCC(C(=O)N3CCCN(Cc4ccccc4)CC3)CC2)cc1C. The molecule has 4 rings (SSSR count). The normalized spacial score (nSPS) is 19.4. The predicted octanol–water partition coefficient (Wildman–Crippen LogP) is 3.44. The minimum Gasteiger partial charge on any atom is -0.341 e. The number of carbonyl (C=O) groups excluding carboxylic acids is 1. The summed E-state index contributed by atoms with van der Waals surface area (Å²) in [5, 5.41) is 0. The first-order valence-corrected chi connectivity index (χ1v) is 13.4. The minimum absolute atomic E-state index is 0.0862. The molecule has 0 aliphatic carbocycles. The third kappa shape index (κ3) is 5.65. The van der Waals surface area contributed by atoms with Crippen molar-refractivity contribution in [2.45, 2.75) is 44.6 Å². The Kier molecular flexibility index (Phi) is 7.51. The van der Waals surface area contributed by atoms with Crippen LogP contribution in [0.4, 0.5) is 0 Å². The second-order valence-electron chi connectivity index (χ2n) is 9.37. The minimum atomic E-state index is -3.52. The molecule has 1 amide bonds. The van der Waals surface area contributed by atoms with Gasteiger partial charge in [0.2, 0.25) is 15.9 Å². The maximum Gasteiger partial charge on any atom is 0.243 e. The lowest BCUT2D eigenvalue weighted by molar-refractivity contribution is -0.136. The van der Waals surface area contributed by atoms with Crippen LogP contribution >= 0.6 is 0 Å². The molecule has 0 unspecified atom stereocenters. The fraction of sp³-hybridized carbons (Fsp3) is 0.500. The van der Waals surface area contributed by atoms with Gasteiger partial charge >= 0.3 is 0 Å². The first kappa shape index (κ1) is 23.9. The lowest BCUT2D eigenvalue weighted by Gasteiger charge is -2.33. The molecule has 2 aliphatic rings. The molecular weight excluding hydrogens is 434 g/mol. The number of hydrogen-bond acceptors (Lipinski definition) is 4. The van der Waals surface area contributed by atoms with Crippen molar-refractivity contribution < 1.29 is 13.2 Å². The summed E-state index contributed by atoms with van der Waals surface area (Å²) in [5.74, 6) is 0.108. The predicted molar refractivity (Wildman–Crippen MR) is 130 cm³/mol. The van der Waals surface area contributed by atoms with Crippen molar-refractivity contribution in [2.75, 3.05) is 39.3 Å². The van der Waals surface area contributed by atoms with Crippen LogP contribution in [0.15, 0.2) is 53.4 Å². The summed E-state index contributed by atoms with van der Waals surface area (Å²) in [5.41, 5.74) is 3.36. The van der Waals surface area contributed by atoms with Gasteiger partial charge in [-0.2, -0.15) is 4.31 Å². The van der Waals surface area contributed by atoms with E-state index in [0.717, 1.165) is 50.3 Å². The van der Waals surface area contributed by atoms with E-state index in [4.69, 9.17) is 0 Å². The van der Waals surface area contributed by atoms with Crippen molar-refractivity contribution >= 4 is 15.9 Å². The monoisotopic (exact) mass is 469 g/mol. The first-order chi connectivity index (χ1) is 15.8. The number of nitrogens with zero attached hydrogens (tertiary/aromatic N) is 3. The number of rotatable bonds is 5. The summed E-state index contributed by atoms with van der Waals surface area (Å²) in [4.78, 5) is 18.0. The molecule has 0 bridgehead atoms. The molecule has 7 heteroatoms. The van der Waals surface area contributed by atoms with Gasteiger partial charge in [0, 0.05) is 51.7 Å². The van der Waals surface area contributed by atoms with Crippen molar-refractivity contribution in [1.29, 1.82) is 0 Å². The number of hydrogen-bond donors (Lipinski definition) is 0. The van der Waals surface area contributed by atoms with Gasteiger partial charge in [0.15, 0.2) is 0 Å². The highest BCUT2D eigenvalue weighted by Crippen LogP contribution is 2.26. The second kappa shape index (κ2) is 10.4. The van der Waals surface area contributed by atoms with Gasteiger partial charge in [0.25, 0.3) is 0 Å². The van der Waals surface area contributed by atoms with Gasteiger partial charge in [-0.05, 0) is 61.9 Å². The van der Waals surface area contributed by atoms with Crippen molar-refractivity contribution in [3.63, 3.8) is 0 Å². The van der Waals surface area contributed by atoms with Crippen molar-refractivity contribution in [3.05, 3.63) is 65.2 Å². The van der Waals surface area contributed by atoms with Gasteiger partial charge in [-0.1, -0.05) is 36.4 Å². The zero-order valence-corrected chi connectivity index (χ0v) is 20.6. The summed E-state index contributed by atoms with van der Waals surface area (Å²) in [6.45, 7) is 9.02. The topological polar surface area (TPSA) is 60.9 Å². The van der Waals surface area contributed by atoms with Crippen LogP contribution in [-0.2, 0) is 21.4 Å². The Balaban J connectivity index is 1.31. The molecule has 0 saturated carbocycles. The molecule has 2 fully saturated rings. The first-order valence-electron chi connectivity index (χ1n) is 12.0. The molecular formula is C26H35N3O3S. The van der Waals surface area contributed by atoms with Crippen LogP contribution in [0, 0.1) is 19.8 Å². The third-order valence-corrected chi connectivity index (χ3v) is 8.96. The average Bonchev–Trinajstić information content (AvgIpc) is 3.06. The molecule has 2 aliphatic heterocycles. The summed E-state index contributed by atoms with van der Waals surface area (Å²) in [7, 11) is -3.52. The Morgan fingerprint density at radius 2 is 1.61 bits per heavy atom. The average molecular weight is 470 g/mol. The molecule has 0 radical (unpaired) electrons. The highest BCUT2D eigenvalue weighted by molar-refractivity contribution is 7.89. The highest BCUT2D eigenvalue weighted by atomic mass is 32.2. The molecule has 178 valence electrons. The Labute approximate surface area is 198 Å². The number of aryl methyl sites for hydroxylation is 2. The van der Waals surface area contributed by atoms with Crippen LogP contribution in [0.2, 0.25) is 0 Å². The van der Waals surface area contributed by atoms with E-state index in [9.17, 15) is 13.2 Å². The molecule has 2 aromatic rings. The lowest BCUT2D eigenvalue weighted by Crippen LogP contribution is -2.45. The Hall–Kier alpha value is -2.22. The molecule has 2 aromatic carbocycles. The molecule has 6 nitrogen and oxygen atoms in total. The summed E-state index contributed by atoms with van der Waals surface area (Å²) >= 11 is 0. The summed E-state index contributed by atoms with van der Waals surface area (Å²) in [6, 6.07) is 15.8. The summed E-state index contributed by atoms with van der Waals surface area (Å²) < 4.78 is 27.7. The molecule has 0 N–H and O–H groups in total. The molecule has 2 heterocycles. The van der Waals surface area contributed by atoms with Crippen molar-refractivity contribution in [3.8, 4) is 0 Å². The van der Waals surface area contributed by atoms with Gasteiger partial charge in [-0.25, -0.2) is 8.42 Å². The van der Waals surface area contributed by atoms with E-state index in [2.05, 4.69) is 29.2 Å². The number of amides is 1. The smallest absolute Gasteiger partial charge is 0.243 e. The Morgan fingerprint density at radius 1 is 0.879 bits per heavy atom. The van der Waals surface area contributed by atoms with Gasteiger partial charge in [0.05, 0.1) is 4.90 Å². The number of benzene rings is 2. The molecule has 0 atom stereocenters. The quantitative estimate of drug-likeness (QED) is 0.673. The molecule has 0 spiro atoms. The van der Waals surface area contributed by atoms with Gasteiger partial charge < -0.3 is 4.90 Å². The molecule has 2 saturated heterocycles. The number of carbonyl (C=O) groups is 1. The fourth-order valence-corrected chi connectivity index (χ4v) is 6.37. The van der Waals surface area contributed by atoms with Crippen LogP contribution in [0.3, 0.4) is 0 Å². The van der Waals surface area contributed by atoms with E-state index in [1.165, 1.54) is 5.56 Å². The van der Waals surface area contributed by atoms with Gasteiger partial charge in [-0.3, -0.25) is 9.69 Å². The second-order valence-corrected chi connectivity index (χ2v) is 11.3. The number of sulfonamides is 1. The van der Waals surface area contributed by atoms with E-state index < -0.39 is 10.0 Å². The van der Waals surface area contributed by atoms with E-state index in [0.29, 0.717) is 30.8 Å².